The third kappa shape index (κ3) is 3.74. The Morgan fingerprint density at radius 3 is 2.32 bits per heavy atom. The second kappa shape index (κ2) is 7.79. The van der Waals surface area contributed by atoms with Crippen LogP contribution in [0.25, 0.3) is 6.08 Å². The fourth-order valence-electron chi connectivity index (χ4n) is 2.62. The SMILES string of the molecule is COc1cc(C=C2SC(N3CCOCC3)=NC2=O)cc(OC)c1OC. The summed E-state index contributed by atoms with van der Waals surface area (Å²) in [7, 11) is 4.67. The first kappa shape index (κ1) is 17.6. The van der Waals surface area contributed by atoms with Gasteiger partial charge in [0.2, 0.25) is 5.75 Å². The zero-order chi connectivity index (χ0) is 17.8. The first-order valence-electron chi connectivity index (χ1n) is 7.81. The molecule has 1 aromatic rings. The van der Waals surface area contributed by atoms with Crippen molar-refractivity contribution in [3.63, 3.8) is 0 Å². The van der Waals surface area contributed by atoms with Crippen molar-refractivity contribution in [2.75, 3.05) is 47.6 Å². The Hall–Kier alpha value is -2.19. The predicted octanol–water partition coefficient (Wildman–Crippen LogP) is 2.01. The summed E-state index contributed by atoms with van der Waals surface area (Å²) in [6, 6.07) is 3.60. The van der Waals surface area contributed by atoms with Crippen molar-refractivity contribution in [1.29, 1.82) is 0 Å². The molecular formula is C17H20N2O5S. The van der Waals surface area contributed by atoms with Crippen LogP contribution in [-0.2, 0) is 9.53 Å². The average Bonchev–Trinajstić information content (AvgIpc) is 3.02. The number of morpholine rings is 1. The molecule has 1 amide bonds. The third-order valence-electron chi connectivity index (χ3n) is 3.88. The number of nitrogens with zero attached hydrogens (tertiary/aromatic N) is 2. The molecule has 0 spiro atoms. The molecule has 7 nitrogen and oxygen atoms in total. The number of methoxy groups -OCH3 is 3. The molecule has 0 unspecified atom stereocenters. The molecule has 25 heavy (non-hydrogen) atoms. The van der Waals surface area contributed by atoms with E-state index in [0.717, 1.165) is 23.8 Å². The zero-order valence-corrected chi connectivity index (χ0v) is 15.2. The second-order valence-electron chi connectivity index (χ2n) is 5.37. The van der Waals surface area contributed by atoms with Crippen LogP contribution in [-0.4, -0.2) is 63.6 Å². The van der Waals surface area contributed by atoms with E-state index in [1.54, 1.807) is 39.5 Å². The number of ether oxygens (including phenoxy) is 4. The van der Waals surface area contributed by atoms with Gasteiger partial charge in [0.15, 0.2) is 16.7 Å². The fraction of sp³-hybridized carbons (Fsp3) is 0.412. The molecule has 0 bridgehead atoms. The number of amidine groups is 1. The Morgan fingerprint density at radius 1 is 1.12 bits per heavy atom. The van der Waals surface area contributed by atoms with Crippen LogP contribution in [0, 0.1) is 0 Å². The normalized spacial score (nSPS) is 19.2. The summed E-state index contributed by atoms with van der Waals surface area (Å²) in [4.78, 5) is 19.0. The lowest BCUT2D eigenvalue weighted by Gasteiger charge is -2.27. The van der Waals surface area contributed by atoms with Gasteiger partial charge in [-0.05, 0) is 35.5 Å². The van der Waals surface area contributed by atoms with Crippen molar-refractivity contribution < 1.29 is 23.7 Å². The van der Waals surface area contributed by atoms with Gasteiger partial charge in [0, 0.05) is 13.1 Å². The molecule has 0 atom stereocenters. The Morgan fingerprint density at radius 2 is 1.76 bits per heavy atom. The molecule has 0 radical (unpaired) electrons. The number of amides is 1. The second-order valence-corrected chi connectivity index (χ2v) is 6.38. The highest BCUT2D eigenvalue weighted by Gasteiger charge is 2.27. The van der Waals surface area contributed by atoms with Crippen molar-refractivity contribution in [2.24, 2.45) is 4.99 Å². The highest BCUT2D eigenvalue weighted by Crippen LogP contribution is 2.40. The van der Waals surface area contributed by atoms with Crippen LogP contribution in [0.2, 0.25) is 0 Å². The number of hydrogen-bond donors (Lipinski definition) is 0. The van der Waals surface area contributed by atoms with E-state index in [-0.39, 0.29) is 5.91 Å². The number of hydrogen-bond acceptors (Lipinski definition) is 7. The zero-order valence-electron chi connectivity index (χ0n) is 14.4. The Balaban J connectivity index is 1.85. The first-order chi connectivity index (χ1) is 12.2. The lowest BCUT2D eigenvalue weighted by atomic mass is 10.1. The lowest BCUT2D eigenvalue weighted by Crippen LogP contribution is -2.38. The van der Waals surface area contributed by atoms with Crippen molar-refractivity contribution in [3.05, 3.63) is 22.6 Å². The molecule has 2 aliphatic heterocycles. The maximum atomic E-state index is 12.2. The third-order valence-corrected chi connectivity index (χ3v) is 4.92. The molecule has 134 valence electrons. The van der Waals surface area contributed by atoms with Crippen LogP contribution in [0.1, 0.15) is 5.56 Å². The van der Waals surface area contributed by atoms with Crippen LogP contribution in [0.3, 0.4) is 0 Å². The number of thioether (sulfide) groups is 1. The molecule has 2 aliphatic rings. The topological polar surface area (TPSA) is 69.6 Å². The molecule has 1 saturated heterocycles. The minimum atomic E-state index is -0.236. The van der Waals surface area contributed by atoms with Gasteiger partial charge < -0.3 is 23.8 Å². The average molecular weight is 364 g/mol. The Labute approximate surface area is 150 Å². The molecule has 3 rings (SSSR count). The first-order valence-corrected chi connectivity index (χ1v) is 8.63. The van der Waals surface area contributed by atoms with Crippen molar-refractivity contribution in [2.45, 2.75) is 0 Å². The predicted molar refractivity (Wildman–Crippen MR) is 96.5 cm³/mol. The number of carbonyl (C=O) groups excluding carboxylic acids is 1. The van der Waals surface area contributed by atoms with E-state index >= 15 is 0 Å². The van der Waals surface area contributed by atoms with E-state index in [1.165, 1.54) is 11.8 Å². The van der Waals surface area contributed by atoms with Crippen LogP contribution in [0.4, 0.5) is 0 Å². The van der Waals surface area contributed by atoms with Gasteiger partial charge in [-0.25, -0.2) is 0 Å². The minimum absolute atomic E-state index is 0.236. The largest absolute Gasteiger partial charge is 0.493 e. The summed E-state index contributed by atoms with van der Waals surface area (Å²) in [5.74, 6) is 1.36. The minimum Gasteiger partial charge on any atom is -0.493 e. The van der Waals surface area contributed by atoms with Crippen molar-refractivity contribution in [3.8, 4) is 17.2 Å². The quantitative estimate of drug-likeness (QED) is 0.757. The molecule has 0 aliphatic carbocycles. The fourth-order valence-corrected chi connectivity index (χ4v) is 3.59. The standard InChI is InChI=1S/C17H20N2O5S/c1-21-12-8-11(9-13(22-2)15(12)23-3)10-14-16(20)18-17(25-14)19-4-6-24-7-5-19/h8-10H,4-7H2,1-3H3. The van der Waals surface area contributed by atoms with Crippen LogP contribution in [0.15, 0.2) is 22.0 Å². The molecule has 1 aromatic carbocycles. The van der Waals surface area contributed by atoms with E-state index in [9.17, 15) is 4.79 Å². The van der Waals surface area contributed by atoms with Gasteiger partial charge in [0.1, 0.15) is 0 Å². The number of rotatable bonds is 4. The van der Waals surface area contributed by atoms with E-state index in [4.69, 9.17) is 18.9 Å². The summed E-state index contributed by atoms with van der Waals surface area (Å²) >= 11 is 1.38. The van der Waals surface area contributed by atoms with E-state index < -0.39 is 0 Å². The molecular weight excluding hydrogens is 344 g/mol. The summed E-state index contributed by atoms with van der Waals surface area (Å²) in [6.45, 7) is 2.80. The molecule has 2 heterocycles. The van der Waals surface area contributed by atoms with E-state index in [0.29, 0.717) is 35.4 Å². The van der Waals surface area contributed by atoms with Gasteiger partial charge in [0.05, 0.1) is 39.4 Å². The van der Waals surface area contributed by atoms with Crippen LogP contribution in [0.5, 0.6) is 17.2 Å². The highest BCUT2D eigenvalue weighted by molar-refractivity contribution is 8.18. The van der Waals surface area contributed by atoms with Gasteiger partial charge in [-0.1, -0.05) is 0 Å². The van der Waals surface area contributed by atoms with Gasteiger partial charge in [-0.15, -0.1) is 0 Å². The lowest BCUT2D eigenvalue weighted by molar-refractivity contribution is -0.113. The highest BCUT2D eigenvalue weighted by atomic mass is 32.2. The summed E-state index contributed by atoms with van der Waals surface area (Å²) < 4.78 is 21.4. The monoisotopic (exact) mass is 364 g/mol. The molecule has 1 fully saturated rings. The van der Waals surface area contributed by atoms with Crippen LogP contribution >= 0.6 is 11.8 Å². The van der Waals surface area contributed by atoms with Gasteiger partial charge in [-0.3, -0.25) is 4.79 Å². The van der Waals surface area contributed by atoms with Crippen LogP contribution < -0.4 is 14.2 Å². The van der Waals surface area contributed by atoms with E-state index in [1.807, 2.05) is 0 Å². The molecule has 0 aromatic heterocycles. The number of aliphatic imine (C=N–C) groups is 1. The summed E-state index contributed by atoms with van der Waals surface area (Å²) in [6.07, 6.45) is 1.79. The maximum absolute atomic E-state index is 12.2. The van der Waals surface area contributed by atoms with Gasteiger partial charge >= 0.3 is 0 Å². The van der Waals surface area contributed by atoms with Gasteiger partial charge in [0.25, 0.3) is 5.91 Å². The number of benzene rings is 1. The molecule has 8 heteroatoms. The summed E-state index contributed by atoms with van der Waals surface area (Å²) in [5, 5.41) is 0.729. The Bertz CT molecular complexity index is 701. The molecule has 0 N–H and O–H groups in total. The smallest absolute Gasteiger partial charge is 0.286 e. The van der Waals surface area contributed by atoms with Crippen molar-refractivity contribution in [1.82, 2.24) is 4.90 Å². The number of carbonyl (C=O) groups is 1. The molecule has 0 saturated carbocycles. The maximum Gasteiger partial charge on any atom is 0.286 e. The van der Waals surface area contributed by atoms with Crippen molar-refractivity contribution >= 4 is 28.9 Å². The Kier molecular flexibility index (Phi) is 5.50. The van der Waals surface area contributed by atoms with Gasteiger partial charge in [-0.2, -0.15) is 4.99 Å². The summed E-state index contributed by atoms with van der Waals surface area (Å²) in [5.41, 5.74) is 0.781. The van der Waals surface area contributed by atoms with E-state index in [2.05, 4.69) is 9.89 Å².